The van der Waals surface area contributed by atoms with Crippen LogP contribution >= 0.6 is 11.6 Å². The van der Waals surface area contributed by atoms with E-state index in [1.165, 1.54) is 10.6 Å². The maximum absolute atomic E-state index is 13.2. The average Bonchev–Trinajstić information content (AvgIpc) is 2.78. The smallest absolute Gasteiger partial charge is 0.229 e. The van der Waals surface area contributed by atoms with Crippen molar-refractivity contribution >= 4 is 17.2 Å². The van der Waals surface area contributed by atoms with Gasteiger partial charge < -0.3 is 0 Å². The molecule has 0 aliphatic carbocycles. The van der Waals surface area contributed by atoms with Gasteiger partial charge in [-0.05, 0) is 25.1 Å². The van der Waals surface area contributed by atoms with Crippen molar-refractivity contribution in [2.75, 3.05) is 0 Å². The number of hydrogen-bond acceptors (Lipinski definition) is 2. The van der Waals surface area contributed by atoms with Crippen molar-refractivity contribution in [2.24, 2.45) is 0 Å². The second kappa shape index (κ2) is 4.83. The highest BCUT2D eigenvalue weighted by Gasteiger charge is 2.16. The van der Waals surface area contributed by atoms with Crippen molar-refractivity contribution < 1.29 is 8.78 Å². The zero-order valence-electron chi connectivity index (χ0n) is 10.5. The first-order chi connectivity index (χ1) is 9.54. The second-order valence-corrected chi connectivity index (χ2v) is 4.87. The molecule has 6 heteroatoms. The molecule has 0 unspecified atom stereocenters. The molecule has 1 aromatic carbocycles. The predicted molar refractivity (Wildman–Crippen MR) is 73.1 cm³/mol. The van der Waals surface area contributed by atoms with E-state index in [2.05, 4.69) is 10.1 Å². The molecule has 3 aromatic rings. The lowest BCUT2D eigenvalue weighted by atomic mass is 10.1. The van der Waals surface area contributed by atoms with Crippen LogP contribution in [0, 0.1) is 6.92 Å². The molecule has 0 aliphatic heterocycles. The minimum atomic E-state index is -2.62. The average molecular weight is 294 g/mol. The largest absolute Gasteiger partial charge is 0.280 e. The molecule has 2 aromatic heterocycles. The molecule has 3 nitrogen and oxygen atoms in total. The SMILES string of the molecule is Cc1cc2nc(-c3ccc(Cl)cc3)cc(C(F)F)n2n1. The van der Waals surface area contributed by atoms with Gasteiger partial charge in [-0.3, -0.25) is 0 Å². The molecule has 0 radical (unpaired) electrons. The van der Waals surface area contributed by atoms with Crippen LogP contribution in [0.15, 0.2) is 36.4 Å². The quantitative estimate of drug-likeness (QED) is 0.705. The standard InChI is InChI=1S/C14H10ClF2N3/c1-8-6-13-18-11(9-2-4-10(15)5-3-9)7-12(14(16)17)20(13)19-8/h2-7,14H,1H3. The number of aryl methyl sites for hydroxylation is 1. The van der Waals surface area contributed by atoms with Gasteiger partial charge in [0.25, 0.3) is 6.43 Å². The van der Waals surface area contributed by atoms with Crippen molar-refractivity contribution in [1.29, 1.82) is 0 Å². The molecular weight excluding hydrogens is 284 g/mol. The molecule has 0 saturated heterocycles. The van der Waals surface area contributed by atoms with Gasteiger partial charge >= 0.3 is 0 Å². The summed E-state index contributed by atoms with van der Waals surface area (Å²) >= 11 is 5.82. The molecule has 0 saturated carbocycles. The van der Waals surface area contributed by atoms with Crippen molar-refractivity contribution in [2.45, 2.75) is 13.3 Å². The molecule has 102 valence electrons. The molecule has 0 N–H and O–H groups in total. The Morgan fingerprint density at radius 2 is 1.85 bits per heavy atom. The summed E-state index contributed by atoms with van der Waals surface area (Å²) in [6, 6.07) is 9.93. The highest BCUT2D eigenvalue weighted by Crippen LogP contribution is 2.26. The zero-order chi connectivity index (χ0) is 14.3. The van der Waals surface area contributed by atoms with E-state index in [9.17, 15) is 8.78 Å². The van der Waals surface area contributed by atoms with Crippen LogP contribution in [0.1, 0.15) is 17.8 Å². The number of benzene rings is 1. The van der Waals surface area contributed by atoms with E-state index in [1.807, 2.05) is 0 Å². The van der Waals surface area contributed by atoms with Crippen LogP contribution in [0.2, 0.25) is 5.02 Å². The monoisotopic (exact) mass is 293 g/mol. The predicted octanol–water partition coefficient (Wildman–Crippen LogP) is 4.30. The Hall–Kier alpha value is -2.01. The van der Waals surface area contributed by atoms with Crippen LogP contribution in [0.25, 0.3) is 16.9 Å². The first-order valence-electron chi connectivity index (χ1n) is 5.96. The number of aromatic nitrogens is 3. The Morgan fingerprint density at radius 3 is 2.50 bits per heavy atom. The number of rotatable bonds is 2. The lowest BCUT2D eigenvalue weighted by Crippen LogP contribution is -2.02. The van der Waals surface area contributed by atoms with E-state index >= 15 is 0 Å². The molecule has 0 bridgehead atoms. The lowest BCUT2D eigenvalue weighted by molar-refractivity contribution is 0.143. The Kier molecular flexibility index (Phi) is 3.14. The van der Waals surface area contributed by atoms with Crippen LogP contribution in [-0.4, -0.2) is 14.6 Å². The maximum atomic E-state index is 13.2. The van der Waals surface area contributed by atoms with E-state index in [1.54, 1.807) is 37.3 Å². The molecule has 0 spiro atoms. The van der Waals surface area contributed by atoms with Gasteiger partial charge in [-0.15, -0.1) is 0 Å². The second-order valence-electron chi connectivity index (χ2n) is 4.43. The molecule has 2 heterocycles. The Bertz CT molecular complexity index is 766. The minimum Gasteiger partial charge on any atom is -0.229 e. The van der Waals surface area contributed by atoms with E-state index in [4.69, 9.17) is 11.6 Å². The molecule has 3 rings (SSSR count). The first-order valence-corrected chi connectivity index (χ1v) is 6.34. The van der Waals surface area contributed by atoms with Crippen molar-refractivity contribution in [3.8, 4) is 11.3 Å². The van der Waals surface area contributed by atoms with Crippen molar-refractivity contribution in [3.63, 3.8) is 0 Å². The fraction of sp³-hybridized carbons (Fsp3) is 0.143. The summed E-state index contributed by atoms with van der Waals surface area (Å²) < 4.78 is 27.5. The number of halogens is 3. The van der Waals surface area contributed by atoms with E-state index in [-0.39, 0.29) is 5.69 Å². The minimum absolute atomic E-state index is 0.173. The van der Waals surface area contributed by atoms with Gasteiger partial charge in [-0.1, -0.05) is 23.7 Å². The summed E-state index contributed by atoms with van der Waals surface area (Å²) in [6.45, 7) is 1.74. The normalized spacial score (nSPS) is 11.4. The molecule has 0 fully saturated rings. The summed E-state index contributed by atoms with van der Waals surface area (Å²) in [5.41, 5.74) is 2.09. The van der Waals surface area contributed by atoms with Crippen molar-refractivity contribution in [3.05, 3.63) is 52.8 Å². The van der Waals surface area contributed by atoms with E-state index in [0.29, 0.717) is 22.1 Å². The van der Waals surface area contributed by atoms with Gasteiger partial charge in [-0.25, -0.2) is 18.3 Å². The molecule has 0 aliphatic rings. The Morgan fingerprint density at radius 1 is 1.15 bits per heavy atom. The van der Waals surface area contributed by atoms with Gasteiger partial charge in [0.15, 0.2) is 5.65 Å². The Balaban J connectivity index is 2.23. The zero-order valence-corrected chi connectivity index (χ0v) is 11.3. The van der Waals surface area contributed by atoms with Crippen LogP contribution in [0.4, 0.5) is 8.78 Å². The van der Waals surface area contributed by atoms with Crippen molar-refractivity contribution in [1.82, 2.24) is 14.6 Å². The molecule has 0 atom stereocenters. The highest BCUT2D eigenvalue weighted by atomic mass is 35.5. The third-order valence-electron chi connectivity index (χ3n) is 2.94. The number of fused-ring (bicyclic) bond motifs is 1. The molecular formula is C14H10ClF2N3. The van der Waals surface area contributed by atoms with Gasteiger partial charge in [0.1, 0.15) is 5.69 Å². The Labute approximate surface area is 118 Å². The lowest BCUT2D eigenvalue weighted by Gasteiger charge is -2.07. The molecule has 0 amide bonds. The first kappa shape index (κ1) is 13.0. The van der Waals surface area contributed by atoms with Gasteiger partial charge in [-0.2, -0.15) is 5.10 Å². The van der Waals surface area contributed by atoms with Gasteiger partial charge in [0.05, 0.1) is 11.4 Å². The highest BCUT2D eigenvalue weighted by molar-refractivity contribution is 6.30. The summed E-state index contributed by atoms with van der Waals surface area (Å²) in [7, 11) is 0. The van der Waals surface area contributed by atoms with Gasteiger partial charge in [0.2, 0.25) is 0 Å². The summed E-state index contributed by atoms with van der Waals surface area (Å²) in [5, 5.41) is 4.62. The number of alkyl halides is 2. The summed E-state index contributed by atoms with van der Waals surface area (Å²) in [5.74, 6) is 0. The number of nitrogens with zero attached hydrogens (tertiary/aromatic N) is 3. The van der Waals surface area contributed by atoms with Crippen LogP contribution < -0.4 is 0 Å². The van der Waals surface area contributed by atoms with Crippen LogP contribution in [0.3, 0.4) is 0 Å². The number of hydrogen-bond donors (Lipinski definition) is 0. The van der Waals surface area contributed by atoms with Gasteiger partial charge in [0, 0.05) is 16.7 Å². The maximum Gasteiger partial charge on any atom is 0.280 e. The topological polar surface area (TPSA) is 30.2 Å². The van der Waals surface area contributed by atoms with E-state index in [0.717, 1.165) is 5.56 Å². The fourth-order valence-corrected chi connectivity index (χ4v) is 2.16. The molecule has 20 heavy (non-hydrogen) atoms. The van der Waals surface area contributed by atoms with Crippen LogP contribution in [-0.2, 0) is 0 Å². The summed E-state index contributed by atoms with van der Waals surface area (Å²) in [6.07, 6.45) is -2.62. The van der Waals surface area contributed by atoms with Crippen LogP contribution in [0.5, 0.6) is 0 Å². The fourth-order valence-electron chi connectivity index (χ4n) is 2.04. The summed E-state index contributed by atoms with van der Waals surface area (Å²) in [4.78, 5) is 4.36. The third kappa shape index (κ3) is 2.25. The third-order valence-corrected chi connectivity index (χ3v) is 3.19. The van der Waals surface area contributed by atoms with E-state index < -0.39 is 6.43 Å².